The molecule has 118 valence electrons. The number of thioether (sulfide) groups is 1. The Hall–Kier alpha value is -2.29. The number of allylic oxidation sites excluding steroid dienone is 2. The molecule has 2 aromatic rings. The van der Waals surface area contributed by atoms with Gasteiger partial charge in [0.15, 0.2) is 16.3 Å². The van der Waals surface area contributed by atoms with Crippen molar-refractivity contribution >= 4 is 28.9 Å². The van der Waals surface area contributed by atoms with E-state index in [1.807, 2.05) is 19.1 Å². The maximum atomic E-state index is 12.1. The first-order valence-electron chi connectivity index (χ1n) is 6.57. The van der Waals surface area contributed by atoms with Crippen LogP contribution in [0.2, 0.25) is 0 Å². The number of aromatic nitrogens is 4. The summed E-state index contributed by atoms with van der Waals surface area (Å²) in [4.78, 5) is 41.3. The fraction of sp³-hybridized carbons (Fsp3) is 0.385. The molecule has 2 heterocycles. The second kappa shape index (κ2) is 6.22. The number of nitrogens with zero attached hydrogens (tertiary/aromatic N) is 3. The molecular weight excluding hydrogens is 308 g/mol. The lowest BCUT2D eigenvalue weighted by Crippen LogP contribution is -2.29. The number of aryl methyl sites for hydroxylation is 1. The second-order valence-electron chi connectivity index (χ2n) is 4.66. The highest BCUT2D eigenvalue weighted by Gasteiger charge is 2.21. The van der Waals surface area contributed by atoms with Gasteiger partial charge in [-0.1, -0.05) is 23.9 Å². The summed E-state index contributed by atoms with van der Waals surface area (Å²) < 4.78 is 2.84. The smallest absolute Gasteiger partial charge is 0.329 e. The zero-order valence-corrected chi connectivity index (χ0v) is 13.2. The van der Waals surface area contributed by atoms with Gasteiger partial charge in [-0.2, -0.15) is 0 Å². The van der Waals surface area contributed by atoms with Gasteiger partial charge in [-0.25, -0.2) is 9.78 Å². The molecule has 0 radical (unpaired) electrons. The van der Waals surface area contributed by atoms with Gasteiger partial charge in [0.25, 0.3) is 5.56 Å². The molecule has 0 aromatic carbocycles. The maximum Gasteiger partial charge on any atom is 0.329 e. The number of H-pyrrole nitrogens is 1. The van der Waals surface area contributed by atoms with Crippen molar-refractivity contribution in [1.82, 2.24) is 19.1 Å². The van der Waals surface area contributed by atoms with Crippen LogP contribution in [-0.2, 0) is 18.4 Å². The van der Waals surface area contributed by atoms with E-state index >= 15 is 0 Å². The predicted molar refractivity (Wildman–Crippen MR) is 83.4 cm³/mol. The number of hydrogen-bond acceptors (Lipinski definition) is 5. The van der Waals surface area contributed by atoms with E-state index in [4.69, 9.17) is 5.11 Å². The van der Waals surface area contributed by atoms with Crippen LogP contribution in [0, 0.1) is 0 Å². The number of rotatable bonds is 5. The summed E-state index contributed by atoms with van der Waals surface area (Å²) in [6.07, 6.45) is 3.64. The summed E-state index contributed by atoms with van der Waals surface area (Å²) in [6, 6.07) is 0. The Morgan fingerprint density at radius 2 is 2.18 bits per heavy atom. The molecule has 0 saturated carbocycles. The van der Waals surface area contributed by atoms with Gasteiger partial charge < -0.3 is 9.67 Å². The number of carboxylic acid groups (broad SMARTS) is 1. The molecule has 2 N–H and O–H groups in total. The van der Waals surface area contributed by atoms with Crippen LogP contribution in [0.25, 0.3) is 11.2 Å². The number of aromatic amines is 1. The Morgan fingerprint density at radius 3 is 2.77 bits per heavy atom. The molecule has 8 nitrogen and oxygen atoms in total. The first-order chi connectivity index (χ1) is 10.4. The van der Waals surface area contributed by atoms with Crippen molar-refractivity contribution in [1.29, 1.82) is 0 Å². The number of aliphatic carboxylic acids is 1. The molecule has 0 aliphatic carbocycles. The summed E-state index contributed by atoms with van der Waals surface area (Å²) in [5.74, 6) is -0.975. The molecule has 0 aliphatic heterocycles. The lowest BCUT2D eigenvalue weighted by atomic mass is 10.4. The topological polar surface area (TPSA) is 110 Å². The SMILES string of the molecule is C/C=C/Cn1c(S[C@H](C)C(=O)O)nc2c1c(=O)[nH]c(=O)n2C. The number of nitrogens with one attached hydrogen (secondary N) is 1. The van der Waals surface area contributed by atoms with E-state index in [-0.39, 0.29) is 11.2 Å². The molecule has 0 unspecified atom stereocenters. The zero-order chi connectivity index (χ0) is 16.4. The fourth-order valence-corrected chi connectivity index (χ4v) is 2.74. The summed E-state index contributed by atoms with van der Waals surface area (Å²) in [6.45, 7) is 3.74. The van der Waals surface area contributed by atoms with Crippen molar-refractivity contribution in [2.75, 3.05) is 0 Å². The Balaban J connectivity index is 2.72. The highest BCUT2D eigenvalue weighted by molar-refractivity contribution is 8.00. The summed E-state index contributed by atoms with van der Waals surface area (Å²) in [7, 11) is 1.50. The van der Waals surface area contributed by atoms with E-state index in [9.17, 15) is 14.4 Å². The predicted octanol–water partition coefficient (Wildman–Crippen LogP) is 0.565. The molecule has 0 bridgehead atoms. The highest BCUT2D eigenvalue weighted by Crippen LogP contribution is 2.25. The fourth-order valence-electron chi connectivity index (χ4n) is 1.89. The van der Waals surface area contributed by atoms with Crippen molar-refractivity contribution in [3.05, 3.63) is 33.0 Å². The van der Waals surface area contributed by atoms with E-state index in [1.54, 1.807) is 4.57 Å². The second-order valence-corrected chi connectivity index (χ2v) is 5.97. The van der Waals surface area contributed by atoms with Gasteiger partial charge in [0.2, 0.25) is 0 Å². The van der Waals surface area contributed by atoms with E-state index in [2.05, 4.69) is 9.97 Å². The van der Waals surface area contributed by atoms with Gasteiger partial charge >= 0.3 is 11.7 Å². The lowest BCUT2D eigenvalue weighted by Gasteiger charge is -2.07. The molecular formula is C13H16N4O4S. The quantitative estimate of drug-likeness (QED) is 0.614. The third-order valence-corrected chi connectivity index (χ3v) is 4.20. The Kier molecular flexibility index (Phi) is 4.55. The number of imidazole rings is 1. The summed E-state index contributed by atoms with van der Waals surface area (Å²) in [5, 5.41) is 8.70. The molecule has 0 amide bonds. The minimum absolute atomic E-state index is 0.235. The van der Waals surface area contributed by atoms with Crippen LogP contribution >= 0.6 is 11.8 Å². The van der Waals surface area contributed by atoms with Crippen LogP contribution in [0.5, 0.6) is 0 Å². The number of carbonyl (C=O) groups is 1. The van der Waals surface area contributed by atoms with E-state index in [1.165, 1.54) is 18.5 Å². The minimum atomic E-state index is -0.975. The molecule has 2 rings (SSSR count). The van der Waals surface area contributed by atoms with Crippen molar-refractivity contribution in [2.24, 2.45) is 7.05 Å². The molecule has 1 atom stereocenters. The monoisotopic (exact) mass is 324 g/mol. The van der Waals surface area contributed by atoms with Crippen LogP contribution in [-0.4, -0.2) is 35.4 Å². The van der Waals surface area contributed by atoms with E-state index in [0.29, 0.717) is 11.7 Å². The van der Waals surface area contributed by atoms with Crippen LogP contribution in [0.3, 0.4) is 0 Å². The third kappa shape index (κ3) is 2.84. The third-order valence-electron chi connectivity index (χ3n) is 3.13. The van der Waals surface area contributed by atoms with Crippen molar-refractivity contribution in [2.45, 2.75) is 30.8 Å². The number of hydrogen-bond donors (Lipinski definition) is 2. The van der Waals surface area contributed by atoms with Crippen LogP contribution < -0.4 is 11.2 Å². The van der Waals surface area contributed by atoms with Gasteiger partial charge in [-0.15, -0.1) is 0 Å². The number of fused-ring (bicyclic) bond motifs is 1. The summed E-state index contributed by atoms with van der Waals surface area (Å²) >= 11 is 1.03. The molecule has 2 aromatic heterocycles. The van der Waals surface area contributed by atoms with Crippen LogP contribution in [0.1, 0.15) is 13.8 Å². The van der Waals surface area contributed by atoms with Gasteiger partial charge in [-0.05, 0) is 13.8 Å². The Labute approximate surface area is 129 Å². The van der Waals surface area contributed by atoms with E-state index in [0.717, 1.165) is 11.8 Å². The molecule has 0 saturated heterocycles. The molecule has 22 heavy (non-hydrogen) atoms. The molecule has 9 heteroatoms. The molecule has 0 fully saturated rings. The van der Waals surface area contributed by atoms with Gasteiger partial charge in [0.05, 0.1) is 0 Å². The Bertz CT molecular complexity index is 861. The van der Waals surface area contributed by atoms with Crippen LogP contribution in [0.15, 0.2) is 26.9 Å². The van der Waals surface area contributed by atoms with Gasteiger partial charge in [0.1, 0.15) is 5.25 Å². The standard InChI is InChI=1S/C13H16N4O4S/c1-4-5-6-17-8-9(16(3)12(21)15-10(8)18)14-13(17)22-7(2)11(19)20/h4-5,7H,6H2,1-3H3,(H,19,20)(H,15,18,21)/b5-4+/t7-/m1/s1. The largest absolute Gasteiger partial charge is 0.480 e. The average molecular weight is 324 g/mol. The Morgan fingerprint density at radius 1 is 1.50 bits per heavy atom. The molecule has 0 aliphatic rings. The minimum Gasteiger partial charge on any atom is -0.480 e. The van der Waals surface area contributed by atoms with Crippen molar-refractivity contribution in [3.8, 4) is 0 Å². The van der Waals surface area contributed by atoms with Gasteiger partial charge in [-0.3, -0.25) is 19.1 Å². The van der Waals surface area contributed by atoms with Gasteiger partial charge in [0, 0.05) is 13.6 Å². The molecule has 0 spiro atoms. The lowest BCUT2D eigenvalue weighted by molar-refractivity contribution is -0.136. The summed E-state index contributed by atoms with van der Waals surface area (Å²) in [5.41, 5.74) is -0.612. The number of carboxylic acids is 1. The zero-order valence-electron chi connectivity index (χ0n) is 12.4. The average Bonchev–Trinajstić information content (AvgIpc) is 2.81. The normalized spacial score (nSPS) is 13.0. The van der Waals surface area contributed by atoms with E-state index < -0.39 is 22.5 Å². The van der Waals surface area contributed by atoms with Crippen molar-refractivity contribution in [3.63, 3.8) is 0 Å². The van der Waals surface area contributed by atoms with Crippen molar-refractivity contribution < 1.29 is 9.90 Å². The maximum absolute atomic E-state index is 12.1. The first kappa shape index (κ1) is 16.1. The highest BCUT2D eigenvalue weighted by atomic mass is 32.2. The van der Waals surface area contributed by atoms with Crippen LogP contribution in [0.4, 0.5) is 0 Å². The first-order valence-corrected chi connectivity index (χ1v) is 7.45.